The Morgan fingerprint density at radius 1 is 1.29 bits per heavy atom. The number of benzene rings is 1. The van der Waals surface area contributed by atoms with Crippen molar-refractivity contribution in [2.75, 3.05) is 11.9 Å². The molecule has 21 heavy (non-hydrogen) atoms. The zero-order valence-corrected chi connectivity index (χ0v) is 13.7. The molecule has 0 aromatic heterocycles. The Morgan fingerprint density at radius 3 is 2.62 bits per heavy atom. The lowest BCUT2D eigenvalue weighted by atomic mass is 10.00. The Kier molecular flexibility index (Phi) is 8.43. The Morgan fingerprint density at radius 2 is 2.00 bits per heavy atom. The summed E-state index contributed by atoms with van der Waals surface area (Å²) in [5, 5.41) is 10.8. The van der Waals surface area contributed by atoms with Crippen LogP contribution in [0.2, 0.25) is 0 Å². The van der Waals surface area contributed by atoms with Crippen LogP contribution in [0.5, 0.6) is 0 Å². The van der Waals surface area contributed by atoms with Crippen molar-refractivity contribution >= 4 is 29.7 Å². The van der Waals surface area contributed by atoms with Gasteiger partial charge in [0.2, 0.25) is 0 Å². The van der Waals surface area contributed by atoms with Gasteiger partial charge in [0.25, 0.3) is 0 Å². The highest BCUT2D eigenvalue weighted by Crippen LogP contribution is 2.15. The number of hydrogen-bond donors (Lipinski definition) is 3. The first kappa shape index (κ1) is 17.4. The van der Waals surface area contributed by atoms with Gasteiger partial charge in [0.15, 0.2) is 5.11 Å². The monoisotopic (exact) mass is 306 g/mol. The second-order valence-corrected chi connectivity index (χ2v) is 5.69. The molecule has 116 valence electrons. The molecule has 0 amide bonds. The Balaban J connectivity index is 2.27. The van der Waals surface area contributed by atoms with Gasteiger partial charge in [-0.15, -0.1) is 0 Å². The number of anilines is 1. The molecular weight excluding hydrogens is 280 g/mol. The maximum Gasteiger partial charge on any atom is 0.186 e. The van der Waals surface area contributed by atoms with Crippen molar-refractivity contribution in [3.05, 3.63) is 30.3 Å². The third-order valence-corrected chi connectivity index (χ3v) is 3.67. The number of thiocarbonyl (C=S) groups is 1. The van der Waals surface area contributed by atoms with E-state index in [4.69, 9.17) is 12.2 Å². The first-order valence-electron chi connectivity index (χ1n) is 7.46. The topological polar surface area (TPSA) is 48.5 Å². The van der Waals surface area contributed by atoms with Gasteiger partial charge in [0.1, 0.15) is 0 Å². The Labute approximate surface area is 133 Å². The van der Waals surface area contributed by atoms with Crippen LogP contribution in [0, 0.1) is 5.92 Å². The second kappa shape index (κ2) is 10.2. The van der Waals surface area contributed by atoms with Crippen molar-refractivity contribution in [3.63, 3.8) is 0 Å². The van der Waals surface area contributed by atoms with E-state index in [1.165, 1.54) is 5.69 Å². The minimum Gasteiger partial charge on any atom is -0.382 e. The first-order chi connectivity index (χ1) is 10.2. The van der Waals surface area contributed by atoms with Crippen LogP contribution in [-0.2, 0) is 0 Å². The van der Waals surface area contributed by atoms with Crippen molar-refractivity contribution in [2.45, 2.75) is 39.2 Å². The third kappa shape index (κ3) is 7.66. The van der Waals surface area contributed by atoms with Crippen molar-refractivity contribution in [1.82, 2.24) is 10.7 Å². The molecule has 0 saturated heterocycles. The summed E-state index contributed by atoms with van der Waals surface area (Å²) < 4.78 is 0. The average molecular weight is 306 g/mol. The molecule has 0 aliphatic carbocycles. The van der Waals surface area contributed by atoms with E-state index in [9.17, 15) is 0 Å². The summed E-state index contributed by atoms with van der Waals surface area (Å²) in [7, 11) is 0. The van der Waals surface area contributed by atoms with E-state index >= 15 is 0 Å². The fraction of sp³-hybridized carbons (Fsp3) is 0.500. The molecule has 4 nitrogen and oxygen atoms in total. The molecule has 0 fully saturated rings. The highest BCUT2D eigenvalue weighted by atomic mass is 32.1. The molecule has 0 aliphatic heterocycles. The Bertz CT molecular complexity index is 422. The van der Waals surface area contributed by atoms with Gasteiger partial charge in [-0.1, -0.05) is 32.0 Å². The van der Waals surface area contributed by atoms with Crippen LogP contribution in [0.15, 0.2) is 35.4 Å². The summed E-state index contributed by atoms with van der Waals surface area (Å²) >= 11 is 5.05. The van der Waals surface area contributed by atoms with E-state index in [0.717, 1.165) is 25.8 Å². The SMILES string of the molecule is C=NNC(=S)NCC(C)CCC(CC)Nc1ccccc1. The van der Waals surface area contributed by atoms with E-state index in [-0.39, 0.29) is 0 Å². The molecule has 2 atom stereocenters. The van der Waals surface area contributed by atoms with Gasteiger partial charge in [-0.25, -0.2) is 0 Å². The van der Waals surface area contributed by atoms with Crippen LogP contribution in [0.1, 0.15) is 33.1 Å². The summed E-state index contributed by atoms with van der Waals surface area (Å²) in [4.78, 5) is 0. The molecule has 0 radical (unpaired) electrons. The van der Waals surface area contributed by atoms with Crippen LogP contribution in [0.3, 0.4) is 0 Å². The van der Waals surface area contributed by atoms with Gasteiger partial charge in [-0.3, -0.25) is 5.43 Å². The summed E-state index contributed by atoms with van der Waals surface area (Å²) in [5.74, 6) is 0.557. The van der Waals surface area contributed by atoms with E-state index in [1.807, 2.05) is 6.07 Å². The highest BCUT2D eigenvalue weighted by molar-refractivity contribution is 7.80. The fourth-order valence-corrected chi connectivity index (χ4v) is 2.26. The second-order valence-electron chi connectivity index (χ2n) is 5.28. The van der Waals surface area contributed by atoms with E-state index < -0.39 is 0 Å². The van der Waals surface area contributed by atoms with E-state index in [0.29, 0.717) is 17.1 Å². The first-order valence-corrected chi connectivity index (χ1v) is 7.87. The van der Waals surface area contributed by atoms with Crippen molar-refractivity contribution in [1.29, 1.82) is 0 Å². The molecule has 1 rings (SSSR count). The van der Waals surface area contributed by atoms with E-state index in [2.05, 4.69) is 66.0 Å². The van der Waals surface area contributed by atoms with Gasteiger partial charge >= 0.3 is 0 Å². The molecule has 0 heterocycles. The minimum atomic E-state index is 0.509. The predicted molar refractivity (Wildman–Crippen MR) is 95.8 cm³/mol. The van der Waals surface area contributed by atoms with E-state index in [1.54, 1.807) is 0 Å². The number of rotatable bonds is 9. The molecule has 1 aromatic rings. The van der Waals surface area contributed by atoms with Crippen LogP contribution in [0.25, 0.3) is 0 Å². The number of hydrazone groups is 1. The summed E-state index contributed by atoms with van der Waals surface area (Å²) in [6, 6.07) is 10.9. The largest absolute Gasteiger partial charge is 0.382 e. The van der Waals surface area contributed by atoms with Crippen molar-refractivity contribution in [3.8, 4) is 0 Å². The average Bonchev–Trinajstić information content (AvgIpc) is 2.50. The summed E-state index contributed by atoms with van der Waals surface area (Å²) in [6.07, 6.45) is 3.42. The van der Waals surface area contributed by atoms with Gasteiger partial charge < -0.3 is 10.6 Å². The maximum absolute atomic E-state index is 5.05. The van der Waals surface area contributed by atoms with Crippen molar-refractivity contribution < 1.29 is 0 Å². The molecule has 3 N–H and O–H groups in total. The molecule has 0 saturated carbocycles. The van der Waals surface area contributed by atoms with Crippen molar-refractivity contribution in [2.24, 2.45) is 11.0 Å². The molecule has 0 aliphatic rings. The zero-order chi connectivity index (χ0) is 15.5. The zero-order valence-electron chi connectivity index (χ0n) is 12.9. The smallest absolute Gasteiger partial charge is 0.186 e. The third-order valence-electron chi connectivity index (χ3n) is 3.44. The summed E-state index contributed by atoms with van der Waals surface area (Å²) in [5.41, 5.74) is 3.82. The van der Waals surface area contributed by atoms with Gasteiger partial charge in [0.05, 0.1) is 0 Å². The van der Waals surface area contributed by atoms with Gasteiger partial charge in [-0.2, -0.15) is 5.10 Å². The maximum atomic E-state index is 5.05. The molecule has 2 unspecified atom stereocenters. The molecule has 0 bridgehead atoms. The number of para-hydroxylation sites is 1. The lowest BCUT2D eigenvalue weighted by molar-refractivity contribution is 0.468. The lowest BCUT2D eigenvalue weighted by Crippen LogP contribution is -2.35. The van der Waals surface area contributed by atoms with Crippen LogP contribution in [0.4, 0.5) is 5.69 Å². The van der Waals surface area contributed by atoms with Crippen LogP contribution >= 0.6 is 12.2 Å². The molecule has 5 heteroatoms. The quantitative estimate of drug-likeness (QED) is 0.372. The van der Waals surface area contributed by atoms with Crippen LogP contribution in [-0.4, -0.2) is 24.4 Å². The summed E-state index contributed by atoms with van der Waals surface area (Å²) in [6.45, 7) is 8.64. The molecule has 1 aromatic carbocycles. The number of nitrogens with one attached hydrogen (secondary N) is 3. The Hall–Kier alpha value is -1.62. The van der Waals surface area contributed by atoms with Gasteiger partial charge in [0, 0.05) is 25.0 Å². The number of nitrogens with zero attached hydrogens (tertiary/aromatic N) is 1. The standard InChI is InChI=1S/C16H26N4S/c1-4-14(19-15-8-6-5-7-9-15)11-10-13(2)12-18-16(21)20-17-3/h5-9,13-14,19H,3-4,10-12H2,1-2H3,(H2,18,20,21). The molecular formula is C16H26N4S. The minimum absolute atomic E-state index is 0.509. The predicted octanol–water partition coefficient (Wildman–Crippen LogP) is 3.37. The van der Waals surface area contributed by atoms with Crippen LogP contribution < -0.4 is 16.1 Å². The highest BCUT2D eigenvalue weighted by Gasteiger charge is 2.09. The number of hydrogen-bond acceptors (Lipinski definition) is 3. The molecule has 0 spiro atoms. The normalized spacial score (nSPS) is 13.0. The van der Waals surface area contributed by atoms with Gasteiger partial charge in [-0.05, 0) is 49.5 Å². The lowest BCUT2D eigenvalue weighted by Gasteiger charge is -2.21. The fourth-order valence-electron chi connectivity index (χ4n) is 2.11.